The van der Waals surface area contributed by atoms with Gasteiger partial charge in [0.15, 0.2) is 0 Å². The average molecular weight is 589 g/mol. The quantitative estimate of drug-likeness (QED) is 0.110. The Bertz CT molecular complexity index is 1190. The van der Waals surface area contributed by atoms with Crippen molar-refractivity contribution < 1.29 is 19.4 Å². The van der Waals surface area contributed by atoms with Gasteiger partial charge < -0.3 is 14.6 Å². The van der Waals surface area contributed by atoms with Gasteiger partial charge in [-0.25, -0.2) is 0 Å². The lowest BCUT2D eigenvalue weighted by Gasteiger charge is -2.25. The van der Waals surface area contributed by atoms with Crippen LogP contribution >= 0.6 is 0 Å². The second kappa shape index (κ2) is 17.0. The molecule has 2 saturated carbocycles. The van der Waals surface area contributed by atoms with Crippen molar-refractivity contribution in [1.29, 1.82) is 0 Å². The monoisotopic (exact) mass is 588 g/mol. The van der Waals surface area contributed by atoms with Crippen molar-refractivity contribution in [2.45, 2.75) is 149 Å². The number of ether oxygens (including phenoxy) is 1. The fourth-order valence-corrected chi connectivity index (χ4v) is 6.60. The highest BCUT2D eigenvalue weighted by molar-refractivity contribution is 5.79. The third-order valence-corrected chi connectivity index (χ3v) is 9.31. The minimum atomic E-state index is -0.0449. The number of phenols is 1. The molecule has 0 bridgehead atoms. The van der Waals surface area contributed by atoms with E-state index in [0.29, 0.717) is 12.8 Å². The minimum Gasteiger partial charge on any atom is -0.507 e. The summed E-state index contributed by atoms with van der Waals surface area (Å²) in [5.74, 6) is 3.11. The number of ketones is 1. The first-order valence-corrected chi connectivity index (χ1v) is 17.5. The number of phenolic OH excluding ortho intramolecular Hbond substituents is 1. The Kier molecular flexibility index (Phi) is 13.2. The van der Waals surface area contributed by atoms with Crippen LogP contribution in [-0.4, -0.2) is 23.3 Å². The molecule has 236 valence electrons. The van der Waals surface area contributed by atoms with Crippen LogP contribution in [0.2, 0.25) is 0 Å². The number of Topliss-reactive ketones (excluding diaryl/α,β-unsaturated/α-hetero) is 1. The van der Waals surface area contributed by atoms with Crippen LogP contribution in [0, 0.1) is 11.8 Å². The molecule has 2 aromatic rings. The Morgan fingerprint density at radius 3 is 2.09 bits per heavy atom. The van der Waals surface area contributed by atoms with Gasteiger partial charge in [0.25, 0.3) is 0 Å². The maximum Gasteiger partial charge on any atom is 0.134 e. The Morgan fingerprint density at radius 1 is 0.837 bits per heavy atom. The highest BCUT2D eigenvalue weighted by Crippen LogP contribution is 2.37. The fraction of sp³-hybridized carbons (Fsp3) is 0.641. The van der Waals surface area contributed by atoms with Crippen molar-refractivity contribution in [2.75, 3.05) is 0 Å². The minimum absolute atomic E-state index is 0.0449. The van der Waals surface area contributed by atoms with Crippen molar-refractivity contribution in [3.05, 3.63) is 57.6 Å². The lowest BCUT2D eigenvalue weighted by molar-refractivity contribution is -0.116. The topological polar surface area (TPSA) is 63.6 Å². The van der Waals surface area contributed by atoms with Crippen molar-refractivity contribution in [3.8, 4) is 11.5 Å². The van der Waals surface area contributed by atoms with Crippen LogP contribution < -0.4 is 4.74 Å². The summed E-state index contributed by atoms with van der Waals surface area (Å²) in [7, 11) is 0. The van der Waals surface area contributed by atoms with Gasteiger partial charge >= 0.3 is 0 Å². The molecule has 43 heavy (non-hydrogen) atoms. The first kappa shape index (κ1) is 33.3. The molecule has 0 saturated heterocycles. The summed E-state index contributed by atoms with van der Waals surface area (Å²) in [5.41, 5.74) is 6.43. The van der Waals surface area contributed by atoms with Gasteiger partial charge in [-0.3, -0.25) is 4.79 Å². The number of aromatic hydroxyl groups is 1. The largest absolute Gasteiger partial charge is 0.507 e. The van der Waals surface area contributed by atoms with Crippen molar-refractivity contribution in [2.24, 2.45) is 11.8 Å². The van der Waals surface area contributed by atoms with E-state index in [4.69, 9.17) is 4.74 Å². The van der Waals surface area contributed by atoms with E-state index in [0.717, 1.165) is 97.5 Å². The van der Waals surface area contributed by atoms with E-state index in [1.165, 1.54) is 62.5 Å². The number of carbonyl (C=O) groups excluding carboxylic acids is 2. The summed E-state index contributed by atoms with van der Waals surface area (Å²) in [6.45, 7) is 5.96. The molecule has 1 unspecified atom stereocenters. The molecule has 2 aliphatic rings. The molecule has 0 spiro atoms. The summed E-state index contributed by atoms with van der Waals surface area (Å²) in [4.78, 5) is 23.9. The molecule has 0 aliphatic heterocycles. The van der Waals surface area contributed by atoms with E-state index in [2.05, 4.69) is 32.0 Å². The van der Waals surface area contributed by atoms with Crippen molar-refractivity contribution in [1.82, 2.24) is 0 Å². The number of unbranched alkanes of at least 4 members (excludes halogenated alkanes) is 2. The molecule has 0 heterocycles. The predicted octanol–water partition coefficient (Wildman–Crippen LogP) is 9.25. The van der Waals surface area contributed by atoms with Gasteiger partial charge in [-0.15, -0.1) is 0 Å². The van der Waals surface area contributed by atoms with E-state index in [-0.39, 0.29) is 24.1 Å². The third kappa shape index (κ3) is 11.1. The smallest absolute Gasteiger partial charge is 0.134 e. The van der Waals surface area contributed by atoms with Crippen molar-refractivity contribution in [3.63, 3.8) is 0 Å². The number of hydrogen-bond acceptors (Lipinski definition) is 4. The van der Waals surface area contributed by atoms with E-state index in [1.54, 1.807) is 6.92 Å². The van der Waals surface area contributed by atoms with E-state index >= 15 is 0 Å². The molecule has 2 fully saturated rings. The maximum absolute atomic E-state index is 12.0. The third-order valence-electron chi connectivity index (χ3n) is 9.31. The van der Waals surface area contributed by atoms with Crippen LogP contribution in [0.1, 0.15) is 138 Å². The number of rotatable bonds is 22. The van der Waals surface area contributed by atoms with Gasteiger partial charge in [-0.1, -0.05) is 95.9 Å². The van der Waals surface area contributed by atoms with E-state index in [9.17, 15) is 14.7 Å². The zero-order chi connectivity index (χ0) is 30.6. The molecule has 4 heteroatoms. The number of benzene rings is 2. The summed E-state index contributed by atoms with van der Waals surface area (Å²) in [6, 6.07) is 8.76. The van der Waals surface area contributed by atoms with Crippen LogP contribution in [-0.2, 0) is 48.1 Å². The number of aryl methyl sites for hydroxylation is 3. The highest BCUT2D eigenvalue weighted by atomic mass is 16.5. The normalized spacial score (nSPS) is 15.4. The summed E-state index contributed by atoms with van der Waals surface area (Å²) in [6.07, 6.45) is 20.9. The molecule has 4 nitrogen and oxygen atoms in total. The lowest BCUT2D eigenvalue weighted by atomic mass is 9.93. The van der Waals surface area contributed by atoms with Crippen LogP contribution in [0.5, 0.6) is 11.5 Å². The van der Waals surface area contributed by atoms with Crippen LogP contribution in [0.25, 0.3) is 0 Å². The second-order valence-electron chi connectivity index (χ2n) is 13.6. The Morgan fingerprint density at radius 2 is 1.47 bits per heavy atom. The molecule has 0 aromatic heterocycles. The molecule has 4 rings (SSSR count). The second-order valence-corrected chi connectivity index (χ2v) is 13.6. The van der Waals surface area contributed by atoms with Gasteiger partial charge in [0, 0.05) is 30.4 Å². The molecule has 2 aliphatic carbocycles. The molecular weight excluding hydrogens is 532 g/mol. The summed E-state index contributed by atoms with van der Waals surface area (Å²) >= 11 is 0. The fourth-order valence-electron chi connectivity index (χ4n) is 6.60. The zero-order valence-electron chi connectivity index (χ0n) is 27.2. The maximum atomic E-state index is 12.0. The first-order valence-electron chi connectivity index (χ1n) is 17.5. The van der Waals surface area contributed by atoms with E-state index < -0.39 is 0 Å². The standard InChI is InChI=1S/C39H56O4/c1-4-6-7-14-33-25-32(26-36(38(33)42)22-28(3)41)27-37(10-5-2)43-39-34(15-9-12-30-18-19-30)23-31(24-35(39)20-21-40)13-8-11-29-16-17-29/h21,23-26,29-30,37,42H,4-20,22,27H2,1-3H3. The Balaban J connectivity index is 1.60. The van der Waals surface area contributed by atoms with Gasteiger partial charge in [-0.05, 0) is 86.0 Å². The SMILES string of the molecule is CCCCCc1cc(CC(CCC)Oc2c(CC=O)cc(CCCC3CC3)cc2CCCC2CC2)cc(CC(C)=O)c1O. The summed E-state index contributed by atoms with van der Waals surface area (Å²) < 4.78 is 6.96. The number of carbonyl (C=O) groups is 2. The van der Waals surface area contributed by atoms with Crippen LogP contribution in [0.4, 0.5) is 0 Å². The molecule has 1 N–H and O–H groups in total. The molecule has 0 amide bonds. The highest BCUT2D eigenvalue weighted by Gasteiger charge is 2.24. The lowest BCUT2D eigenvalue weighted by Crippen LogP contribution is -2.21. The summed E-state index contributed by atoms with van der Waals surface area (Å²) in [5, 5.41) is 11.0. The Labute approximate surface area is 261 Å². The zero-order valence-corrected chi connectivity index (χ0v) is 27.2. The van der Waals surface area contributed by atoms with Gasteiger partial charge in [-0.2, -0.15) is 0 Å². The number of aldehydes is 1. The molecular formula is C39H56O4. The number of hydrogen-bond donors (Lipinski definition) is 1. The molecule has 0 radical (unpaired) electrons. The first-order chi connectivity index (χ1) is 20.9. The van der Waals surface area contributed by atoms with Crippen LogP contribution in [0.3, 0.4) is 0 Å². The predicted molar refractivity (Wildman–Crippen MR) is 176 cm³/mol. The van der Waals surface area contributed by atoms with Gasteiger partial charge in [0.2, 0.25) is 0 Å². The van der Waals surface area contributed by atoms with E-state index in [1.807, 2.05) is 6.07 Å². The van der Waals surface area contributed by atoms with Gasteiger partial charge in [0.1, 0.15) is 29.7 Å². The molecule has 2 aromatic carbocycles. The molecule has 1 atom stereocenters. The average Bonchev–Trinajstić information content (AvgIpc) is 3.89. The van der Waals surface area contributed by atoms with Crippen LogP contribution in [0.15, 0.2) is 24.3 Å². The van der Waals surface area contributed by atoms with Crippen molar-refractivity contribution >= 4 is 12.1 Å². The van der Waals surface area contributed by atoms with Gasteiger partial charge in [0.05, 0.1) is 0 Å². The Hall–Kier alpha value is -2.62.